The third-order valence-corrected chi connectivity index (χ3v) is 5.31. The van der Waals surface area contributed by atoms with Gasteiger partial charge in [-0.2, -0.15) is 0 Å². The Labute approximate surface area is 174 Å². The lowest BCUT2D eigenvalue weighted by Gasteiger charge is -2.34. The molecular weight excluding hydrogens is 345 g/mol. The number of aromatic hydroxyl groups is 2. The van der Waals surface area contributed by atoms with Crippen LogP contribution in [0, 0.1) is 5.92 Å². The van der Waals surface area contributed by atoms with Crippen LogP contribution in [0.3, 0.4) is 0 Å². The maximum absolute atomic E-state index is 10.7. The molecule has 0 amide bonds. The lowest BCUT2D eigenvalue weighted by molar-refractivity contribution is 0.116. The summed E-state index contributed by atoms with van der Waals surface area (Å²) in [6.07, 6.45) is 7.45. The minimum atomic E-state index is -1.80. The molecule has 0 aromatic heterocycles. The molecule has 2 rings (SSSR count). The van der Waals surface area contributed by atoms with Gasteiger partial charge < -0.3 is 15.3 Å². The van der Waals surface area contributed by atoms with Crippen molar-refractivity contribution in [2.24, 2.45) is 5.92 Å². The second-order valence-electron chi connectivity index (χ2n) is 7.80. The van der Waals surface area contributed by atoms with Crippen molar-refractivity contribution < 1.29 is 15.3 Å². The molecule has 3 atom stereocenters. The van der Waals surface area contributed by atoms with Crippen molar-refractivity contribution in [1.29, 1.82) is 0 Å². The summed E-state index contributed by atoms with van der Waals surface area (Å²) >= 11 is 0. The molecule has 0 saturated heterocycles. The summed E-state index contributed by atoms with van der Waals surface area (Å²) < 4.78 is 0. The molecule has 0 saturated carbocycles. The summed E-state index contributed by atoms with van der Waals surface area (Å²) in [7, 11) is 18.2. The van der Waals surface area contributed by atoms with Gasteiger partial charge in [-0.3, -0.25) is 0 Å². The first-order chi connectivity index (χ1) is 13.0. The first-order valence-electron chi connectivity index (χ1n) is 9.92. The lowest BCUT2D eigenvalue weighted by atomic mass is 9.62. The van der Waals surface area contributed by atoms with Gasteiger partial charge in [0.05, 0.1) is 0 Å². The summed E-state index contributed by atoms with van der Waals surface area (Å²) in [6, 6.07) is 0. The van der Waals surface area contributed by atoms with Crippen LogP contribution in [0.5, 0.6) is 11.5 Å². The van der Waals surface area contributed by atoms with Gasteiger partial charge in [0.25, 0.3) is 0 Å². The molecule has 1 aromatic carbocycles. The molecule has 1 aliphatic rings. The van der Waals surface area contributed by atoms with Crippen molar-refractivity contribution in [2.75, 3.05) is 0 Å². The highest BCUT2D eigenvalue weighted by molar-refractivity contribution is 6.44. The van der Waals surface area contributed by atoms with E-state index in [2.05, 4.69) is 13.5 Å². The predicted octanol–water partition coefficient (Wildman–Crippen LogP) is 2.84. The second kappa shape index (κ2) is 10.3. The van der Waals surface area contributed by atoms with Crippen molar-refractivity contribution in [1.82, 2.24) is 0 Å². The SMILES string of the molecule is C=CC.[B]c1c(O)c(C2C=C(C)CCC2C)c(O)c([B])c1C([B])(O)CCCC. The number of phenolic OH excluding ortho intramolecular Hbond substituents is 2. The molecule has 0 heterocycles. The summed E-state index contributed by atoms with van der Waals surface area (Å²) in [5.41, 5.74) is -0.408. The number of benzene rings is 1. The van der Waals surface area contributed by atoms with Crippen LogP contribution in [0.4, 0.5) is 0 Å². The highest BCUT2D eigenvalue weighted by Crippen LogP contribution is 2.43. The largest absolute Gasteiger partial charge is 0.508 e. The molecule has 0 aliphatic heterocycles. The number of rotatable bonds is 5. The highest BCUT2D eigenvalue weighted by Gasteiger charge is 2.33. The van der Waals surface area contributed by atoms with Crippen LogP contribution in [-0.4, -0.2) is 38.9 Å². The normalized spacial score (nSPS) is 21.1. The van der Waals surface area contributed by atoms with Gasteiger partial charge in [-0.05, 0) is 44.6 Å². The van der Waals surface area contributed by atoms with E-state index >= 15 is 0 Å². The van der Waals surface area contributed by atoms with Crippen LogP contribution in [0.15, 0.2) is 24.3 Å². The fourth-order valence-electron chi connectivity index (χ4n) is 3.69. The summed E-state index contributed by atoms with van der Waals surface area (Å²) in [5, 5.41) is 32.0. The quantitative estimate of drug-likeness (QED) is 0.548. The molecule has 1 aliphatic carbocycles. The Kier molecular flexibility index (Phi) is 9.00. The predicted molar refractivity (Wildman–Crippen MR) is 120 cm³/mol. The van der Waals surface area contributed by atoms with Crippen LogP contribution >= 0.6 is 0 Å². The number of hydrogen-bond acceptors (Lipinski definition) is 3. The Hall–Kier alpha value is -1.55. The minimum absolute atomic E-state index is 0.00358. The van der Waals surface area contributed by atoms with Gasteiger partial charge in [-0.25, -0.2) is 0 Å². The van der Waals surface area contributed by atoms with Crippen molar-refractivity contribution in [3.05, 3.63) is 35.4 Å². The van der Waals surface area contributed by atoms with E-state index in [1.54, 1.807) is 6.08 Å². The van der Waals surface area contributed by atoms with Crippen molar-refractivity contribution in [3.63, 3.8) is 0 Å². The van der Waals surface area contributed by atoms with Gasteiger partial charge in [-0.15, -0.1) is 6.58 Å². The van der Waals surface area contributed by atoms with Crippen molar-refractivity contribution in [2.45, 2.75) is 71.2 Å². The third-order valence-electron chi connectivity index (χ3n) is 5.31. The third kappa shape index (κ3) is 5.28. The molecule has 6 heteroatoms. The average Bonchev–Trinajstić information content (AvgIpc) is 2.62. The number of allylic oxidation sites excluding steroid dienone is 3. The standard InChI is InChI=1S/C19H25B3O3.C3H6/c1-4-5-8-19(22,25)14-15(20)17(23)13(18(24)16(14)21)12-9-10(2)6-7-11(12)3;1-3-2/h9,11-12,23-25H,4-8H2,1-3H3;3H,1H2,2H3. The van der Waals surface area contributed by atoms with Gasteiger partial charge in [0.15, 0.2) is 0 Å². The zero-order valence-electron chi connectivity index (χ0n) is 17.6. The molecule has 3 N–H and O–H groups in total. The second-order valence-corrected chi connectivity index (χ2v) is 7.80. The monoisotopic (exact) mass is 376 g/mol. The molecule has 1 aromatic rings. The molecule has 6 radical (unpaired) electrons. The molecule has 0 spiro atoms. The van der Waals surface area contributed by atoms with Crippen molar-refractivity contribution in [3.8, 4) is 11.5 Å². The summed E-state index contributed by atoms with van der Waals surface area (Å²) in [5.74, 6) is -0.453. The summed E-state index contributed by atoms with van der Waals surface area (Å²) in [4.78, 5) is 0. The smallest absolute Gasteiger partial charge is 0.119 e. The van der Waals surface area contributed by atoms with Crippen LogP contribution in [-0.2, 0) is 5.50 Å². The molecular formula is C22H31B3O3. The topological polar surface area (TPSA) is 60.7 Å². The van der Waals surface area contributed by atoms with E-state index in [4.69, 9.17) is 23.5 Å². The van der Waals surface area contributed by atoms with Gasteiger partial charge in [0.1, 0.15) is 35.0 Å². The maximum Gasteiger partial charge on any atom is 0.119 e. The lowest BCUT2D eigenvalue weighted by Crippen LogP contribution is -2.40. The number of aliphatic hydroxyl groups is 1. The fraction of sp³-hybridized carbons (Fsp3) is 0.545. The zero-order chi connectivity index (χ0) is 21.6. The maximum atomic E-state index is 10.7. The van der Waals surface area contributed by atoms with Gasteiger partial charge in [-0.1, -0.05) is 55.3 Å². The van der Waals surface area contributed by atoms with E-state index in [1.165, 1.54) is 5.57 Å². The minimum Gasteiger partial charge on any atom is -0.508 e. The van der Waals surface area contributed by atoms with E-state index in [0.29, 0.717) is 12.0 Å². The van der Waals surface area contributed by atoms with Crippen LogP contribution in [0.25, 0.3) is 0 Å². The first kappa shape index (κ1) is 24.5. The average molecular weight is 376 g/mol. The van der Waals surface area contributed by atoms with E-state index < -0.39 is 5.50 Å². The van der Waals surface area contributed by atoms with E-state index in [9.17, 15) is 15.3 Å². The number of unbranched alkanes of at least 4 members (excludes halogenated alkanes) is 1. The Bertz CT molecular complexity index is 697. The number of hydrogen-bond donors (Lipinski definition) is 3. The number of phenols is 2. The van der Waals surface area contributed by atoms with Crippen molar-refractivity contribution >= 4 is 34.5 Å². The Morgan fingerprint density at radius 2 is 1.75 bits per heavy atom. The van der Waals surface area contributed by atoms with E-state index in [-0.39, 0.29) is 46.2 Å². The van der Waals surface area contributed by atoms with Gasteiger partial charge in [0.2, 0.25) is 0 Å². The Morgan fingerprint density at radius 1 is 1.25 bits per heavy atom. The summed E-state index contributed by atoms with van der Waals surface area (Å²) in [6.45, 7) is 11.3. The molecule has 3 unspecified atom stereocenters. The zero-order valence-corrected chi connectivity index (χ0v) is 17.6. The molecule has 0 bridgehead atoms. The Balaban J connectivity index is 0.00000122. The molecule has 0 fully saturated rings. The van der Waals surface area contributed by atoms with Crippen LogP contribution < -0.4 is 10.9 Å². The van der Waals surface area contributed by atoms with E-state index in [1.807, 2.05) is 26.8 Å². The fourth-order valence-corrected chi connectivity index (χ4v) is 3.69. The first-order valence-corrected chi connectivity index (χ1v) is 9.92. The molecule has 146 valence electrons. The van der Waals surface area contributed by atoms with Crippen LogP contribution in [0.2, 0.25) is 0 Å². The Morgan fingerprint density at radius 3 is 2.21 bits per heavy atom. The van der Waals surface area contributed by atoms with Gasteiger partial charge in [0, 0.05) is 17.0 Å². The van der Waals surface area contributed by atoms with E-state index in [0.717, 1.165) is 19.3 Å². The molecule has 3 nitrogen and oxygen atoms in total. The molecule has 28 heavy (non-hydrogen) atoms. The highest BCUT2D eigenvalue weighted by atomic mass is 16.3. The van der Waals surface area contributed by atoms with Crippen LogP contribution in [0.1, 0.15) is 76.8 Å². The van der Waals surface area contributed by atoms with Gasteiger partial charge >= 0.3 is 0 Å².